The lowest BCUT2D eigenvalue weighted by molar-refractivity contribution is 0.101. The van der Waals surface area contributed by atoms with E-state index in [0.717, 1.165) is 5.56 Å². The van der Waals surface area contributed by atoms with Gasteiger partial charge in [-0.2, -0.15) is 4.68 Å². The molecule has 1 heterocycles. The highest BCUT2D eigenvalue weighted by Gasteiger charge is 2.14. The number of aryl methyl sites for hydroxylation is 2. The predicted molar refractivity (Wildman–Crippen MR) is 117 cm³/mol. The van der Waals surface area contributed by atoms with Crippen molar-refractivity contribution in [3.8, 4) is 5.69 Å². The van der Waals surface area contributed by atoms with E-state index in [1.54, 1.807) is 60.1 Å². The monoisotopic (exact) mass is 412 g/mol. The molecule has 4 rings (SSSR count). The molecule has 0 saturated carbocycles. The first-order valence-corrected chi connectivity index (χ1v) is 9.65. The van der Waals surface area contributed by atoms with Crippen molar-refractivity contribution >= 4 is 23.2 Å². The number of amides is 2. The fourth-order valence-corrected chi connectivity index (χ4v) is 3.10. The van der Waals surface area contributed by atoms with Crippen molar-refractivity contribution in [3.63, 3.8) is 0 Å². The summed E-state index contributed by atoms with van der Waals surface area (Å²) in [7, 11) is 0. The van der Waals surface area contributed by atoms with Crippen LogP contribution in [-0.2, 0) is 0 Å². The summed E-state index contributed by atoms with van der Waals surface area (Å²) in [5, 5.41) is 17.2. The quantitative estimate of drug-likeness (QED) is 0.519. The third-order valence-corrected chi connectivity index (χ3v) is 4.69. The molecule has 154 valence electrons. The summed E-state index contributed by atoms with van der Waals surface area (Å²) in [6.07, 6.45) is 0. The number of carbonyl (C=O) groups excluding carboxylic acids is 2. The Labute approximate surface area is 178 Å². The van der Waals surface area contributed by atoms with Crippen molar-refractivity contribution in [1.82, 2.24) is 20.2 Å². The summed E-state index contributed by atoms with van der Waals surface area (Å²) < 4.78 is 1.55. The number of benzene rings is 3. The third-order valence-electron chi connectivity index (χ3n) is 4.69. The minimum absolute atomic E-state index is 0.254. The Balaban J connectivity index is 1.58. The molecule has 0 unspecified atom stereocenters. The first kappa shape index (κ1) is 20.0. The molecule has 0 atom stereocenters. The summed E-state index contributed by atoms with van der Waals surface area (Å²) in [5.74, 6) is 0.0478. The number of rotatable bonds is 5. The maximum Gasteiger partial charge on any atom is 0.255 e. The molecular formula is C23H20N6O2. The van der Waals surface area contributed by atoms with Gasteiger partial charge in [-0.05, 0) is 72.3 Å². The molecule has 0 aliphatic carbocycles. The van der Waals surface area contributed by atoms with Crippen molar-refractivity contribution in [1.29, 1.82) is 0 Å². The summed E-state index contributed by atoms with van der Waals surface area (Å²) >= 11 is 0. The molecule has 31 heavy (non-hydrogen) atoms. The lowest BCUT2D eigenvalue weighted by Gasteiger charge is -2.14. The van der Waals surface area contributed by atoms with Gasteiger partial charge in [-0.15, -0.1) is 5.10 Å². The van der Waals surface area contributed by atoms with Gasteiger partial charge in [0.25, 0.3) is 11.8 Å². The van der Waals surface area contributed by atoms with Crippen LogP contribution in [0.4, 0.5) is 11.4 Å². The van der Waals surface area contributed by atoms with Crippen LogP contribution < -0.4 is 10.6 Å². The fraction of sp³-hybridized carbons (Fsp3) is 0.0870. The maximum absolute atomic E-state index is 13.0. The topological polar surface area (TPSA) is 102 Å². The summed E-state index contributed by atoms with van der Waals surface area (Å²) in [4.78, 5) is 25.5. The van der Waals surface area contributed by atoms with Gasteiger partial charge in [0.15, 0.2) is 5.82 Å². The first-order valence-electron chi connectivity index (χ1n) is 9.65. The first-order chi connectivity index (χ1) is 15.0. The number of tetrazole rings is 1. The molecule has 8 heteroatoms. The number of hydrogen-bond acceptors (Lipinski definition) is 5. The molecule has 0 spiro atoms. The van der Waals surface area contributed by atoms with Crippen LogP contribution in [0.25, 0.3) is 5.69 Å². The van der Waals surface area contributed by atoms with E-state index in [1.807, 2.05) is 31.2 Å². The molecule has 0 saturated heterocycles. The van der Waals surface area contributed by atoms with Gasteiger partial charge in [0.05, 0.1) is 17.1 Å². The van der Waals surface area contributed by atoms with Gasteiger partial charge in [-0.1, -0.05) is 30.3 Å². The SMILES string of the molecule is Cc1ccc(NC(=O)c2ccccc2)c(NC(=O)c2cccc(-n3nnnc3C)c2)c1. The summed E-state index contributed by atoms with van der Waals surface area (Å²) in [6, 6.07) is 21.4. The smallest absolute Gasteiger partial charge is 0.255 e. The van der Waals surface area contributed by atoms with E-state index in [0.29, 0.717) is 34.0 Å². The van der Waals surface area contributed by atoms with Gasteiger partial charge in [-0.3, -0.25) is 9.59 Å². The number of hydrogen-bond donors (Lipinski definition) is 2. The number of nitrogens with one attached hydrogen (secondary N) is 2. The van der Waals surface area contributed by atoms with E-state index in [-0.39, 0.29) is 11.8 Å². The molecule has 0 aliphatic heterocycles. The number of carbonyl (C=O) groups is 2. The lowest BCUT2D eigenvalue weighted by atomic mass is 10.1. The van der Waals surface area contributed by atoms with Gasteiger partial charge >= 0.3 is 0 Å². The van der Waals surface area contributed by atoms with Crippen molar-refractivity contribution in [2.45, 2.75) is 13.8 Å². The molecule has 2 N–H and O–H groups in total. The van der Waals surface area contributed by atoms with Gasteiger partial charge in [0.2, 0.25) is 0 Å². The van der Waals surface area contributed by atoms with E-state index < -0.39 is 0 Å². The minimum Gasteiger partial charge on any atom is -0.320 e. The molecule has 2 amide bonds. The van der Waals surface area contributed by atoms with Gasteiger partial charge in [0.1, 0.15) is 0 Å². The molecule has 0 aliphatic rings. The van der Waals surface area contributed by atoms with Crippen LogP contribution in [0.1, 0.15) is 32.1 Å². The van der Waals surface area contributed by atoms with Crippen LogP contribution in [0.2, 0.25) is 0 Å². The normalized spacial score (nSPS) is 10.5. The fourth-order valence-electron chi connectivity index (χ4n) is 3.10. The van der Waals surface area contributed by atoms with Crippen LogP contribution in [0.15, 0.2) is 72.8 Å². The van der Waals surface area contributed by atoms with Crippen LogP contribution in [0, 0.1) is 13.8 Å². The predicted octanol–water partition coefficient (Wildman–Crippen LogP) is 3.78. The third kappa shape index (κ3) is 4.48. The Kier molecular flexibility index (Phi) is 5.53. The van der Waals surface area contributed by atoms with E-state index in [2.05, 4.69) is 26.2 Å². The summed E-state index contributed by atoms with van der Waals surface area (Å²) in [5.41, 5.74) is 3.63. The Morgan fingerprint density at radius 3 is 2.23 bits per heavy atom. The Bertz CT molecular complexity index is 1250. The van der Waals surface area contributed by atoms with Crippen LogP contribution in [0.3, 0.4) is 0 Å². The number of anilines is 2. The van der Waals surface area contributed by atoms with E-state index in [1.165, 1.54) is 0 Å². The molecule has 0 bridgehead atoms. The number of aromatic nitrogens is 4. The molecule has 0 fully saturated rings. The van der Waals surface area contributed by atoms with Crippen molar-refractivity contribution in [3.05, 3.63) is 95.3 Å². The molecule has 4 aromatic rings. The summed E-state index contributed by atoms with van der Waals surface area (Å²) in [6.45, 7) is 3.70. The highest BCUT2D eigenvalue weighted by molar-refractivity contribution is 6.10. The van der Waals surface area contributed by atoms with Gasteiger partial charge < -0.3 is 10.6 Å². The van der Waals surface area contributed by atoms with Crippen LogP contribution in [-0.4, -0.2) is 32.0 Å². The lowest BCUT2D eigenvalue weighted by Crippen LogP contribution is -2.17. The minimum atomic E-state index is -0.312. The Morgan fingerprint density at radius 1 is 0.774 bits per heavy atom. The molecule has 8 nitrogen and oxygen atoms in total. The zero-order valence-corrected chi connectivity index (χ0v) is 17.0. The highest BCUT2D eigenvalue weighted by Crippen LogP contribution is 2.25. The van der Waals surface area contributed by atoms with E-state index in [4.69, 9.17) is 0 Å². The number of nitrogens with zero attached hydrogens (tertiary/aromatic N) is 4. The largest absolute Gasteiger partial charge is 0.320 e. The van der Waals surface area contributed by atoms with E-state index in [9.17, 15) is 9.59 Å². The van der Waals surface area contributed by atoms with Gasteiger partial charge in [-0.25, -0.2) is 0 Å². The zero-order valence-electron chi connectivity index (χ0n) is 17.0. The van der Waals surface area contributed by atoms with E-state index >= 15 is 0 Å². The van der Waals surface area contributed by atoms with Crippen molar-refractivity contribution in [2.75, 3.05) is 10.6 Å². The highest BCUT2D eigenvalue weighted by atomic mass is 16.2. The van der Waals surface area contributed by atoms with Crippen LogP contribution in [0.5, 0.6) is 0 Å². The second-order valence-corrected chi connectivity index (χ2v) is 7.01. The average molecular weight is 412 g/mol. The second kappa shape index (κ2) is 8.58. The molecular weight excluding hydrogens is 392 g/mol. The standard InChI is InChI=1S/C23H20N6O2/c1-15-11-12-20(24-22(30)17-7-4-3-5-8-17)21(13-15)25-23(31)18-9-6-10-19(14-18)29-16(2)26-27-28-29/h3-14H,1-2H3,(H,24,30)(H,25,31). The van der Waals surface area contributed by atoms with Crippen molar-refractivity contribution < 1.29 is 9.59 Å². The molecule has 3 aromatic carbocycles. The van der Waals surface area contributed by atoms with Crippen molar-refractivity contribution in [2.24, 2.45) is 0 Å². The maximum atomic E-state index is 13.0. The second-order valence-electron chi connectivity index (χ2n) is 7.01. The Hall–Kier alpha value is -4.33. The molecule has 1 aromatic heterocycles. The van der Waals surface area contributed by atoms with Crippen LogP contribution >= 0.6 is 0 Å². The molecule has 0 radical (unpaired) electrons. The Morgan fingerprint density at radius 2 is 1.48 bits per heavy atom. The average Bonchev–Trinajstić information content (AvgIpc) is 3.22. The zero-order chi connectivity index (χ0) is 21.8. The van der Waals surface area contributed by atoms with Gasteiger partial charge in [0, 0.05) is 11.1 Å².